The number of hydrogen-bond acceptors (Lipinski definition) is 5. The van der Waals surface area contributed by atoms with Crippen LogP contribution in [0.3, 0.4) is 0 Å². The van der Waals surface area contributed by atoms with Crippen molar-refractivity contribution in [3.05, 3.63) is 63.0 Å². The Hall–Kier alpha value is -2.16. The van der Waals surface area contributed by atoms with Crippen LogP contribution in [0.2, 0.25) is 0 Å². The van der Waals surface area contributed by atoms with E-state index in [0.717, 1.165) is 15.7 Å². The largest absolute Gasteiger partial charge is 0.507 e. The fourth-order valence-corrected chi connectivity index (χ4v) is 4.41. The van der Waals surface area contributed by atoms with Crippen LogP contribution in [-0.4, -0.2) is 32.7 Å². The van der Waals surface area contributed by atoms with Crippen molar-refractivity contribution in [2.75, 3.05) is 11.9 Å². The Labute approximate surface area is 187 Å². The van der Waals surface area contributed by atoms with Gasteiger partial charge in [0.2, 0.25) is 5.91 Å². The van der Waals surface area contributed by atoms with Gasteiger partial charge in [0.25, 0.3) is 5.91 Å². The standard InChI is InChI=1S/C21H19BrN2O3S2/c1-13-4-7-16(8-5-13)23-19(26)3-2-10-24-20(27)18(29-21(24)28)12-14-11-15(22)6-9-17(14)25/h4-9,11-12,25H,2-3,10H2,1H3,(H,23,26)/b18-12-. The number of nitrogens with zero attached hydrogens (tertiary/aromatic N) is 1. The van der Waals surface area contributed by atoms with E-state index < -0.39 is 0 Å². The van der Waals surface area contributed by atoms with E-state index in [2.05, 4.69) is 21.2 Å². The number of nitrogens with one attached hydrogen (secondary N) is 1. The quantitative estimate of drug-likeness (QED) is 0.436. The third-order valence-corrected chi connectivity index (χ3v) is 6.14. The number of hydrogen-bond donors (Lipinski definition) is 2. The number of thiocarbonyl (C=S) groups is 1. The molecule has 1 saturated heterocycles. The van der Waals surface area contributed by atoms with Crippen LogP contribution in [0, 0.1) is 6.92 Å². The number of halogens is 1. The van der Waals surface area contributed by atoms with Gasteiger partial charge in [-0.1, -0.05) is 57.6 Å². The average molecular weight is 491 g/mol. The Kier molecular flexibility index (Phi) is 7.10. The predicted molar refractivity (Wildman–Crippen MR) is 125 cm³/mol. The number of phenols is 1. The van der Waals surface area contributed by atoms with Crippen molar-refractivity contribution in [1.82, 2.24) is 4.90 Å². The van der Waals surface area contributed by atoms with E-state index in [-0.39, 0.29) is 24.0 Å². The van der Waals surface area contributed by atoms with Crippen molar-refractivity contribution < 1.29 is 14.7 Å². The molecule has 1 aliphatic rings. The van der Waals surface area contributed by atoms with Crippen LogP contribution < -0.4 is 5.32 Å². The lowest BCUT2D eigenvalue weighted by Gasteiger charge is -2.14. The highest BCUT2D eigenvalue weighted by Gasteiger charge is 2.31. The Bertz CT molecular complexity index is 990. The van der Waals surface area contributed by atoms with Crippen LogP contribution in [-0.2, 0) is 9.59 Å². The summed E-state index contributed by atoms with van der Waals surface area (Å²) in [6.45, 7) is 2.36. The highest BCUT2D eigenvalue weighted by Crippen LogP contribution is 2.34. The maximum Gasteiger partial charge on any atom is 0.266 e. The number of aryl methyl sites for hydroxylation is 1. The smallest absolute Gasteiger partial charge is 0.266 e. The topological polar surface area (TPSA) is 69.6 Å². The van der Waals surface area contributed by atoms with Crippen LogP contribution in [0.1, 0.15) is 24.0 Å². The molecule has 8 heteroatoms. The molecule has 2 amide bonds. The number of aromatic hydroxyl groups is 1. The summed E-state index contributed by atoms with van der Waals surface area (Å²) in [5.41, 5.74) is 2.42. The van der Waals surface area contributed by atoms with E-state index in [1.807, 2.05) is 31.2 Å². The van der Waals surface area contributed by atoms with E-state index in [1.165, 1.54) is 16.7 Å². The fourth-order valence-electron chi connectivity index (χ4n) is 2.73. The first kappa shape index (κ1) is 21.5. The molecule has 0 radical (unpaired) electrons. The summed E-state index contributed by atoms with van der Waals surface area (Å²) in [6, 6.07) is 12.6. The molecule has 1 fully saturated rings. The van der Waals surface area contributed by atoms with Gasteiger partial charge in [-0.3, -0.25) is 14.5 Å². The number of rotatable bonds is 6. The molecule has 1 heterocycles. The van der Waals surface area contributed by atoms with Gasteiger partial charge in [0, 0.05) is 28.7 Å². The minimum Gasteiger partial charge on any atom is -0.507 e. The van der Waals surface area contributed by atoms with Gasteiger partial charge < -0.3 is 10.4 Å². The highest BCUT2D eigenvalue weighted by atomic mass is 79.9. The van der Waals surface area contributed by atoms with Crippen LogP contribution in [0.15, 0.2) is 51.8 Å². The monoisotopic (exact) mass is 490 g/mol. The molecule has 0 unspecified atom stereocenters. The van der Waals surface area contributed by atoms with Gasteiger partial charge in [0.1, 0.15) is 10.1 Å². The Balaban J connectivity index is 1.56. The molecule has 29 heavy (non-hydrogen) atoms. The molecule has 0 atom stereocenters. The van der Waals surface area contributed by atoms with Crippen LogP contribution in [0.4, 0.5) is 5.69 Å². The van der Waals surface area contributed by atoms with E-state index >= 15 is 0 Å². The Morgan fingerprint density at radius 2 is 2.00 bits per heavy atom. The van der Waals surface area contributed by atoms with Crippen molar-refractivity contribution in [3.8, 4) is 5.75 Å². The third kappa shape index (κ3) is 5.68. The van der Waals surface area contributed by atoms with Gasteiger partial charge in [-0.15, -0.1) is 0 Å². The van der Waals surface area contributed by atoms with Crippen LogP contribution in [0.25, 0.3) is 6.08 Å². The molecular weight excluding hydrogens is 472 g/mol. The molecule has 2 aromatic carbocycles. The molecule has 0 saturated carbocycles. The molecule has 5 nitrogen and oxygen atoms in total. The molecule has 0 aliphatic carbocycles. The second-order valence-corrected chi connectivity index (χ2v) is 9.15. The maximum atomic E-state index is 12.7. The molecule has 1 aliphatic heterocycles. The molecule has 0 bridgehead atoms. The minimum absolute atomic E-state index is 0.0891. The highest BCUT2D eigenvalue weighted by molar-refractivity contribution is 9.10. The average Bonchev–Trinajstić information content (AvgIpc) is 2.94. The number of anilines is 1. The SMILES string of the molecule is Cc1ccc(NC(=O)CCCN2C(=O)/C(=C/c3cc(Br)ccc3O)SC2=S)cc1. The lowest BCUT2D eigenvalue weighted by atomic mass is 10.2. The number of thioether (sulfide) groups is 1. The fraction of sp³-hybridized carbons (Fsp3) is 0.190. The van der Waals surface area contributed by atoms with E-state index in [4.69, 9.17) is 12.2 Å². The summed E-state index contributed by atoms with van der Waals surface area (Å²) in [5.74, 6) is -0.224. The van der Waals surface area contributed by atoms with Crippen molar-refractivity contribution in [3.63, 3.8) is 0 Å². The third-order valence-electron chi connectivity index (χ3n) is 4.27. The van der Waals surface area contributed by atoms with E-state index in [1.54, 1.807) is 24.3 Å². The van der Waals surface area contributed by atoms with Crippen molar-refractivity contribution in [2.24, 2.45) is 0 Å². The first-order chi connectivity index (χ1) is 13.8. The van der Waals surface area contributed by atoms with Gasteiger partial charge in [-0.25, -0.2) is 0 Å². The number of carbonyl (C=O) groups excluding carboxylic acids is 2. The van der Waals surface area contributed by atoms with Crippen molar-refractivity contribution in [1.29, 1.82) is 0 Å². The second kappa shape index (κ2) is 9.56. The van der Waals surface area contributed by atoms with Crippen LogP contribution in [0.5, 0.6) is 5.75 Å². The lowest BCUT2D eigenvalue weighted by molar-refractivity contribution is -0.122. The number of amides is 2. The first-order valence-corrected chi connectivity index (χ1v) is 11.0. The molecule has 150 valence electrons. The van der Waals surface area contributed by atoms with Gasteiger partial charge in [-0.2, -0.15) is 0 Å². The number of phenolic OH excluding ortho intramolecular Hbond substituents is 1. The molecular formula is C21H19BrN2O3S2. The van der Waals surface area contributed by atoms with Gasteiger partial charge >= 0.3 is 0 Å². The van der Waals surface area contributed by atoms with Crippen molar-refractivity contribution >= 4 is 67.8 Å². The van der Waals surface area contributed by atoms with Crippen LogP contribution >= 0.6 is 39.9 Å². The van der Waals surface area contributed by atoms with E-state index in [9.17, 15) is 14.7 Å². The summed E-state index contributed by atoms with van der Waals surface area (Å²) in [5, 5.41) is 12.8. The second-order valence-electron chi connectivity index (χ2n) is 6.55. The Morgan fingerprint density at radius 3 is 2.72 bits per heavy atom. The lowest BCUT2D eigenvalue weighted by Crippen LogP contribution is -2.29. The van der Waals surface area contributed by atoms with Gasteiger partial charge in [-0.05, 0) is 49.8 Å². The molecule has 0 aromatic heterocycles. The summed E-state index contributed by atoms with van der Waals surface area (Å²) in [7, 11) is 0. The van der Waals surface area contributed by atoms with E-state index in [0.29, 0.717) is 27.8 Å². The predicted octanol–water partition coefficient (Wildman–Crippen LogP) is 5.08. The van der Waals surface area contributed by atoms with Gasteiger partial charge in [0.15, 0.2) is 0 Å². The summed E-state index contributed by atoms with van der Waals surface area (Å²) in [4.78, 5) is 26.7. The maximum absolute atomic E-state index is 12.7. The zero-order valence-corrected chi connectivity index (χ0v) is 18.9. The van der Waals surface area contributed by atoms with Gasteiger partial charge in [0.05, 0.1) is 4.91 Å². The molecule has 2 N–H and O–H groups in total. The summed E-state index contributed by atoms with van der Waals surface area (Å²) < 4.78 is 1.26. The number of carbonyl (C=O) groups is 2. The zero-order valence-electron chi connectivity index (χ0n) is 15.6. The normalized spacial score (nSPS) is 15.2. The molecule has 3 rings (SSSR count). The first-order valence-electron chi connectivity index (χ1n) is 8.94. The number of benzene rings is 2. The zero-order chi connectivity index (χ0) is 21.0. The molecule has 0 spiro atoms. The molecule has 2 aromatic rings. The Morgan fingerprint density at radius 1 is 1.28 bits per heavy atom. The summed E-state index contributed by atoms with van der Waals surface area (Å²) in [6.07, 6.45) is 2.42. The minimum atomic E-state index is -0.210. The summed E-state index contributed by atoms with van der Waals surface area (Å²) >= 11 is 9.87. The van der Waals surface area contributed by atoms with Crippen molar-refractivity contribution in [2.45, 2.75) is 19.8 Å².